The number of nitrogens with one attached hydrogen (secondary N) is 3. The molecule has 0 aromatic heterocycles. The number of hydrogen-bond acceptors (Lipinski definition) is 7. The van der Waals surface area contributed by atoms with Gasteiger partial charge in [-0.15, -0.1) is 0 Å². The van der Waals surface area contributed by atoms with Crippen molar-refractivity contribution >= 4 is 35.8 Å². The first-order valence-corrected chi connectivity index (χ1v) is 14.1. The minimum absolute atomic E-state index is 0.0149. The molecule has 0 fully saturated rings. The molecular formula is C31H39N4O7+. The molecular weight excluding hydrogens is 540 g/mol. The molecule has 2 aliphatic heterocycles. The Balaban J connectivity index is 1.51. The summed E-state index contributed by atoms with van der Waals surface area (Å²) in [6.07, 6.45) is 1.00. The Labute approximate surface area is 245 Å². The Morgan fingerprint density at radius 2 is 1.81 bits per heavy atom. The maximum Gasteiger partial charge on any atom is 0.408 e. The highest BCUT2D eigenvalue weighted by atomic mass is 16.6. The normalized spacial score (nSPS) is 19.5. The summed E-state index contributed by atoms with van der Waals surface area (Å²) in [5.41, 5.74) is 2.02. The second-order valence-electron chi connectivity index (χ2n) is 11.3. The number of fused-ring (bicyclic) bond motifs is 4. The zero-order valence-corrected chi connectivity index (χ0v) is 24.3. The average Bonchev–Trinajstić information content (AvgIpc) is 3.29. The van der Waals surface area contributed by atoms with E-state index in [0.29, 0.717) is 19.8 Å². The molecule has 2 aromatic carbocycles. The number of carbonyl (C=O) groups is 4. The van der Waals surface area contributed by atoms with E-state index in [9.17, 15) is 19.2 Å². The van der Waals surface area contributed by atoms with Crippen molar-refractivity contribution in [2.75, 3.05) is 26.3 Å². The summed E-state index contributed by atoms with van der Waals surface area (Å²) in [7, 11) is 0. The number of esters is 1. The minimum atomic E-state index is -1.34. The molecule has 0 saturated heterocycles. The minimum Gasteiger partial charge on any atom is -0.461 e. The van der Waals surface area contributed by atoms with Crippen molar-refractivity contribution in [3.63, 3.8) is 0 Å². The van der Waals surface area contributed by atoms with Crippen LogP contribution in [-0.4, -0.2) is 78.7 Å². The number of hydrogen-bond donors (Lipinski definition) is 3. The van der Waals surface area contributed by atoms with Crippen LogP contribution in [0.25, 0.3) is 0 Å². The van der Waals surface area contributed by atoms with Crippen molar-refractivity contribution in [2.24, 2.45) is 0 Å². The molecule has 3 amide bonds. The Bertz CT molecular complexity index is 1310. The van der Waals surface area contributed by atoms with Crippen LogP contribution in [0.15, 0.2) is 54.6 Å². The summed E-state index contributed by atoms with van der Waals surface area (Å²) < 4.78 is 18.5. The van der Waals surface area contributed by atoms with Crippen LogP contribution in [0.2, 0.25) is 0 Å². The summed E-state index contributed by atoms with van der Waals surface area (Å²) in [6, 6.07) is 14.7. The fourth-order valence-corrected chi connectivity index (χ4v) is 4.84. The summed E-state index contributed by atoms with van der Waals surface area (Å²) in [5, 5.41) is 8.07. The predicted molar refractivity (Wildman–Crippen MR) is 154 cm³/mol. The van der Waals surface area contributed by atoms with Crippen molar-refractivity contribution in [1.29, 1.82) is 0 Å². The number of nitrogens with zero attached hydrogens (tertiary/aromatic N) is 1. The van der Waals surface area contributed by atoms with E-state index < -0.39 is 42.1 Å². The Hall–Kier alpha value is -4.25. The zero-order chi connectivity index (χ0) is 30.1. The Morgan fingerprint density at radius 3 is 2.57 bits per heavy atom. The molecule has 0 radical (unpaired) electrons. The van der Waals surface area contributed by atoms with Gasteiger partial charge in [-0.1, -0.05) is 48.5 Å². The largest absolute Gasteiger partial charge is 0.461 e. The molecule has 42 heavy (non-hydrogen) atoms. The molecule has 2 heterocycles. The van der Waals surface area contributed by atoms with Gasteiger partial charge in [0, 0.05) is 18.2 Å². The second kappa shape index (κ2) is 14.1. The number of amides is 3. The van der Waals surface area contributed by atoms with Crippen molar-refractivity contribution < 1.29 is 38.0 Å². The number of ether oxygens (including phenoxy) is 3. The first-order valence-electron chi connectivity index (χ1n) is 14.1. The molecule has 3 atom stereocenters. The lowest BCUT2D eigenvalue weighted by Crippen LogP contribution is -2.55. The quantitative estimate of drug-likeness (QED) is 0.339. The summed E-state index contributed by atoms with van der Waals surface area (Å²) in [6.45, 7) is 6.84. The van der Waals surface area contributed by atoms with E-state index in [1.165, 1.54) is 0 Å². The van der Waals surface area contributed by atoms with Gasteiger partial charge in [-0.3, -0.25) is 14.4 Å². The maximum absolute atomic E-state index is 13.6. The number of para-hydroxylation sites is 1. The second-order valence-corrected chi connectivity index (χ2v) is 11.3. The van der Waals surface area contributed by atoms with Gasteiger partial charge in [0.1, 0.15) is 30.9 Å². The highest BCUT2D eigenvalue weighted by Gasteiger charge is 2.36. The van der Waals surface area contributed by atoms with E-state index in [0.717, 1.165) is 16.8 Å². The molecule has 11 heteroatoms. The summed E-state index contributed by atoms with van der Waals surface area (Å²) in [4.78, 5) is 52.2. The summed E-state index contributed by atoms with van der Waals surface area (Å²) in [5.74, 6) is -1.93. The van der Waals surface area contributed by atoms with Crippen LogP contribution in [0.3, 0.4) is 0 Å². The van der Waals surface area contributed by atoms with Crippen LogP contribution in [0, 0.1) is 0 Å². The van der Waals surface area contributed by atoms with E-state index in [-0.39, 0.29) is 31.4 Å². The van der Waals surface area contributed by atoms with Crippen LogP contribution in [0.5, 0.6) is 0 Å². The molecule has 2 aliphatic rings. The first kappa shape index (κ1) is 30.7. The predicted octanol–water partition coefficient (Wildman–Crippen LogP) is 2.55. The number of carbonyl (C=O) groups excluding carboxylic acids is 4. The monoisotopic (exact) mass is 579 g/mol. The summed E-state index contributed by atoms with van der Waals surface area (Å²) >= 11 is 0. The SMILES string of the molecule is CC(C)(C)OC(=O)N[C@H](CC(=O)OCc1ccccc1)C(=O)N[C@H]1CC2C=[N+](CCOCCNC1=O)c1ccccc12. The molecule has 1 unspecified atom stereocenters. The van der Waals surface area contributed by atoms with Crippen molar-refractivity contribution in [1.82, 2.24) is 16.0 Å². The topological polar surface area (TPSA) is 135 Å². The van der Waals surface area contributed by atoms with Gasteiger partial charge in [0.05, 0.1) is 18.9 Å². The number of rotatable bonds is 7. The van der Waals surface area contributed by atoms with Gasteiger partial charge in [-0.05, 0) is 32.8 Å². The fraction of sp³-hybridized carbons (Fsp3) is 0.452. The maximum atomic E-state index is 13.6. The van der Waals surface area contributed by atoms with Crippen LogP contribution in [-0.2, 0) is 35.2 Å². The van der Waals surface area contributed by atoms with Gasteiger partial charge in [-0.25, -0.2) is 4.79 Å². The Kier molecular flexibility index (Phi) is 10.3. The molecule has 2 aromatic rings. The fourth-order valence-electron chi connectivity index (χ4n) is 4.84. The molecule has 4 rings (SSSR count). The van der Waals surface area contributed by atoms with E-state index in [4.69, 9.17) is 14.2 Å². The zero-order valence-electron chi connectivity index (χ0n) is 24.3. The van der Waals surface area contributed by atoms with Crippen LogP contribution >= 0.6 is 0 Å². The third-order valence-corrected chi connectivity index (χ3v) is 6.77. The number of benzene rings is 2. The van der Waals surface area contributed by atoms with Gasteiger partial charge in [0.25, 0.3) is 0 Å². The molecule has 0 spiro atoms. The third kappa shape index (κ3) is 8.87. The van der Waals surface area contributed by atoms with E-state index in [1.807, 2.05) is 60.8 Å². The standard InChI is InChI=1S/C31H38N4O7/c1-31(2,3)42-30(39)34-25(18-27(36)41-20-21-9-5-4-6-10-21)29(38)33-24-17-22-19-35(26-12-8-7-11-23(22)26)14-16-40-15-13-32-28(24)37/h4-12,19,22,24-25H,13-18,20H2,1-3H3,(H2-,32,33,34,37,38,39)/p+1/t22?,24-,25+/m0/s1. The third-order valence-electron chi connectivity index (χ3n) is 6.77. The van der Waals surface area contributed by atoms with Crippen LogP contribution in [0.4, 0.5) is 10.5 Å². The highest BCUT2D eigenvalue weighted by Crippen LogP contribution is 2.34. The lowest BCUT2D eigenvalue weighted by atomic mass is 9.93. The van der Waals surface area contributed by atoms with Gasteiger partial charge in [-0.2, -0.15) is 4.58 Å². The van der Waals surface area contributed by atoms with Gasteiger partial charge >= 0.3 is 12.1 Å². The van der Waals surface area contributed by atoms with Gasteiger partial charge in [0.15, 0.2) is 12.8 Å². The molecule has 11 nitrogen and oxygen atoms in total. The van der Waals surface area contributed by atoms with Crippen molar-refractivity contribution in [3.05, 3.63) is 65.7 Å². The number of alkyl carbamates (subject to hydrolysis) is 1. The van der Waals surface area contributed by atoms with Crippen molar-refractivity contribution in [2.45, 2.75) is 63.8 Å². The van der Waals surface area contributed by atoms with Crippen molar-refractivity contribution in [3.8, 4) is 0 Å². The van der Waals surface area contributed by atoms with Gasteiger partial charge < -0.3 is 30.2 Å². The molecule has 0 aliphatic carbocycles. The average molecular weight is 580 g/mol. The smallest absolute Gasteiger partial charge is 0.408 e. The van der Waals surface area contributed by atoms with Crippen LogP contribution < -0.4 is 16.0 Å². The van der Waals surface area contributed by atoms with E-state index in [2.05, 4.69) is 20.5 Å². The van der Waals surface area contributed by atoms with Gasteiger partial charge in [0.2, 0.25) is 17.5 Å². The van der Waals surface area contributed by atoms with E-state index >= 15 is 0 Å². The molecule has 2 bridgehead atoms. The van der Waals surface area contributed by atoms with E-state index in [1.54, 1.807) is 20.8 Å². The molecule has 3 N–H and O–H groups in total. The lowest BCUT2D eigenvalue weighted by Gasteiger charge is -2.25. The first-order chi connectivity index (χ1) is 20.1. The molecule has 224 valence electrons. The lowest BCUT2D eigenvalue weighted by molar-refractivity contribution is -0.437. The molecule has 0 saturated carbocycles. The Morgan fingerprint density at radius 1 is 1.07 bits per heavy atom. The van der Waals surface area contributed by atoms with Crippen LogP contribution in [0.1, 0.15) is 50.7 Å². The highest BCUT2D eigenvalue weighted by molar-refractivity contribution is 5.93.